The second-order valence-electron chi connectivity index (χ2n) is 8.49. The van der Waals surface area contributed by atoms with Gasteiger partial charge in [0, 0.05) is 6.54 Å². The lowest BCUT2D eigenvalue weighted by Crippen LogP contribution is -2.19. The van der Waals surface area contributed by atoms with Crippen LogP contribution in [0.1, 0.15) is 23.4 Å². The maximum absolute atomic E-state index is 13.1. The van der Waals surface area contributed by atoms with Gasteiger partial charge in [-0.05, 0) is 63.2 Å². The van der Waals surface area contributed by atoms with Crippen molar-refractivity contribution >= 4 is 50.6 Å². The van der Waals surface area contributed by atoms with Gasteiger partial charge in [-0.25, -0.2) is 18.4 Å². The normalized spacial score (nSPS) is 13.1. The average Bonchev–Trinajstić information content (AvgIpc) is 3.27. The molecule has 2 aromatic carbocycles. The molecular weight excluding hydrogens is 547 g/mol. The number of fused-ring (bicyclic) bond motifs is 1. The van der Waals surface area contributed by atoms with E-state index in [4.69, 9.17) is 44.3 Å². The summed E-state index contributed by atoms with van der Waals surface area (Å²) >= 11 is 18.5. The van der Waals surface area contributed by atoms with Crippen molar-refractivity contribution in [2.45, 2.75) is 30.8 Å². The average molecular weight is 572 g/mol. The molecule has 8 nitrogen and oxygen atoms in total. The van der Waals surface area contributed by atoms with E-state index in [1.54, 1.807) is 18.2 Å². The van der Waals surface area contributed by atoms with Gasteiger partial charge >= 0.3 is 0 Å². The predicted molar refractivity (Wildman–Crippen MR) is 141 cm³/mol. The highest BCUT2D eigenvalue weighted by Gasteiger charge is 2.25. The molecular formula is C24H25Cl3N4O4S. The van der Waals surface area contributed by atoms with E-state index in [1.165, 1.54) is 18.2 Å². The first-order valence-electron chi connectivity index (χ1n) is 11.2. The van der Waals surface area contributed by atoms with Gasteiger partial charge in [-0.15, -0.1) is 0 Å². The van der Waals surface area contributed by atoms with Gasteiger partial charge in [0.1, 0.15) is 23.9 Å². The van der Waals surface area contributed by atoms with Crippen molar-refractivity contribution in [1.82, 2.24) is 14.9 Å². The Morgan fingerprint density at radius 2 is 1.75 bits per heavy atom. The molecule has 0 atom stereocenters. The number of likely N-dealkylation sites (N-methyl/N-ethyl adjacent to an activating group) is 1. The quantitative estimate of drug-likeness (QED) is 0.355. The molecule has 12 heteroatoms. The highest BCUT2D eigenvalue weighted by Crippen LogP contribution is 2.33. The van der Waals surface area contributed by atoms with Crippen LogP contribution in [-0.2, 0) is 29.5 Å². The smallest absolute Gasteiger partial charge is 0.264 e. The van der Waals surface area contributed by atoms with E-state index in [1.807, 2.05) is 19.0 Å². The number of hydrogen-bond acceptors (Lipinski definition) is 7. The maximum Gasteiger partial charge on any atom is 0.264 e. The summed E-state index contributed by atoms with van der Waals surface area (Å²) in [6.45, 7) is 1.31. The fourth-order valence-corrected chi connectivity index (χ4v) is 5.52. The lowest BCUT2D eigenvalue weighted by Gasteiger charge is -2.15. The molecule has 1 aromatic heterocycles. The van der Waals surface area contributed by atoms with E-state index in [-0.39, 0.29) is 33.2 Å². The summed E-state index contributed by atoms with van der Waals surface area (Å²) in [6, 6.07) is 9.70. The zero-order valence-electron chi connectivity index (χ0n) is 19.7. The molecule has 3 aromatic rings. The zero-order valence-corrected chi connectivity index (χ0v) is 22.8. The van der Waals surface area contributed by atoms with Crippen LogP contribution in [0.4, 0.5) is 5.82 Å². The Morgan fingerprint density at radius 3 is 2.50 bits per heavy atom. The van der Waals surface area contributed by atoms with Gasteiger partial charge in [0.25, 0.3) is 15.9 Å². The summed E-state index contributed by atoms with van der Waals surface area (Å²) in [6.07, 6.45) is 2.34. The van der Waals surface area contributed by atoms with E-state index < -0.39 is 10.0 Å². The maximum atomic E-state index is 13.1. The first-order valence-corrected chi connectivity index (χ1v) is 13.8. The number of nitrogens with one attached hydrogen (secondary N) is 1. The molecule has 0 spiro atoms. The number of hydrogen-bond donors (Lipinski definition) is 1. The number of rotatable bonds is 10. The van der Waals surface area contributed by atoms with Gasteiger partial charge < -0.3 is 14.4 Å². The number of aryl methyl sites for hydroxylation is 2. The molecule has 0 aliphatic heterocycles. The Bertz CT molecular complexity index is 1370. The molecule has 4 rings (SSSR count). The fraction of sp³-hybridized carbons (Fsp3) is 0.333. The van der Waals surface area contributed by atoms with Gasteiger partial charge in [0.15, 0.2) is 0 Å². The highest BCUT2D eigenvalue weighted by atomic mass is 35.5. The molecule has 0 saturated heterocycles. The molecule has 0 bridgehead atoms. The Kier molecular flexibility index (Phi) is 8.47. The molecule has 0 radical (unpaired) electrons. The molecule has 1 N–H and O–H groups in total. The van der Waals surface area contributed by atoms with Gasteiger partial charge in [0.2, 0.25) is 5.82 Å². The van der Waals surface area contributed by atoms with Gasteiger partial charge in [-0.3, -0.25) is 4.72 Å². The van der Waals surface area contributed by atoms with E-state index in [2.05, 4.69) is 14.7 Å². The van der Waals surface area contributed by atoms with Gasteiger partial charge in [-0.2, -0.15) is 0 Å². The molecule has 1 heterocycles. The van der Waals surface area contributed by atoms with E-state index in [9.17, 15) is 8.42 Å². The minimum Gasteiger partial charge on any atom is -0.491 e. The van der Waals surface area contributed by atoms with Crippen molar-refractivity contribution in [3.8, 4) is 11.6 Å². The summed E-state index contributed by atoms with van der Waals surface area (Å²) < 4.78 is 40.5. The third-order valence-corrected chi connectivity index (χ3v) is 8.07. The second kappa shape index (κ2) is 11.4. The molecule has 1 aliphatic carbocycles. The molecule has 0 fully saturated rings. The number of ether oxygens (including phenoxy) is 2. The summed E-state index contributed by atoms with van der Waals surface area (Å²) in [5.74, 6) is 0.599. The van der Waals surface area contributed by atoms with Crippen LogP contribution in [-0.4, -0.2) is 50.5 Å². The molecule has 0 unspecified atom stereocenters. The third-order valence-electron chi connectivity index (χ3n) is 5.45. The van der Waals surface area contributed by atoms with E-state index in [0.717, 1.165) is 36.3 Å². The molecule has 0 amide bonds. The van der Waals surface area contributed by atoms with E-state index >= 15 is 0 Å². The van der Waals surface area contributed by atoms with Crippen molar-refractivity contribution in [3.63, 3.8) is 0 Å². The number of halogens is 3. The SMILES string of the molecule is CN(C)CCOc1cc(COc2nc3c(nc2NS(=O)(=O)c2cccc(Cl)c2Cl)CCC3)ccc1Cl. The standard InChI is InChI=1S/C24H25Cl3N4O4S/c1-31(2)11-12-34-20-13-15(9-10-16(20)25)14-35-24-23(28-18-6-4-7-19(18)29-24)30-36(32,33)21-8-3-5-17(26)22(21)27/h3,5,8-10,13H,4,6-7,11-12,14H2,1-2H3,(H,28,30). The number of aromatic nitrogens is 2. The van der Waals surface area contributed by atoms with Crippen LogP contribution in [0.15, 0.2) is 41.3 Å². The van der Waals surface area contributed by atoms with Crippen LogP contribution in [0.3, 0.4) is 0 Å². The van der Waals surface area contributed by atoms with Crippen LogP contribution in [0.25, 0.3) is 0 Å². The van der Waals surface area contributed by atoms with Gasteiger partial charge in [0.05, 0.1) is 26.5 Å². The Labute approximate surface area is 225 Å². The largest absolute Gasteiger partial charge is 0.491 e. The zero-order chi connectivity index (χ0) is 25.9. The van der Waals surface area contributed by atoms with Crippen LogP contribution >= 0.6 is 34.8 Å². The Morgan fingerprint density at radius 1 is 1.00 bits per heavy atom. The monoisotopic (exact) mass is 570 g/mol. The first kappa shape index (κ1) is 26.8. The number of benzene rings is 2. The predicted octanol–water partition coefficient (Wildman–Crippen LogP) is 5.25. The van der Waals surface area contributed by atoms with Crippen molar-refractivity contribution in [1.29, 1.82) is 0 Å². The second-order valence-corrected chi connectivity index (χ2v) is 11.3. The highest BCUT2D eigenvalue weighted by molar-refractivity contribution is 7.92. The first-order chi connectivity index (χ1) is 17.1. The van der Waals surface area contributed by atoms with Crippen LogP contribution < -0.4 is 14.2 Å². The summed E-state index contributed by atoms with van der Waals surface area (Å²) in [7, 11) is -0.195. The number of nitrogens with zero attached hydrogens (tertiary/aromatic N) is 3. The lowest BCUT2D eigenvalue weighted by molar-refractivity contribution is 0.259. The molecule has 192 valence electrons. The topological polar surface area (TPSA) is 93.7 Å². The van der Waals surface area contributed by atoms with E-state index in [0.29, 0.717) is 23.8 Å². The third kappa shape index (κ3) is 6.33. The molecule has 1 aliphatic rings. The van der Waals surface area contributed by atoms with Crippen molar-refractivity contribution in [2.24, 2.45) is 0 Å². The van der Waals surface area contributed by atoms with Crippen LogP contribution in [0, 0.1) is 0 Å². The minimum absolute atomic E-state index is 0.0110. The summed E-state index contributed by atoms with van der Waals surface area (Å²) in [4.78, 5) is 10.9. The van der Waals surface area contributed by atoms with Gasteiger partial charge in [-0.1, -0.05) is 46.9 Å². The fourth-order valence-electron chi connectivity index (χ4n) is 3.59. The van der Waals surface area contributed by atoms with Crippen LogP contribution in [0.2, 0.25) is 15.1 Å². The minimum atomic E-state index is -4.11. The summed E-state index contributed by atoms with van der Waals surface area (Å²) in [5.41, 5.74) is 2.30. The van der Waals surface area contributed by atoms with Crippen molar-refractivity contribution in [2.75, 3.05) is 32.0 Å². The number of sulfonamides is 1. The Hall–Kier alpha value is -2.30. The van der Waals surface area contributed by atoms with Crippen molar-refractivity contribution < 1.29 is 17.9 Å². The molecule has 0 saturated carbocycles. The lowest BCUT2D eigenvalue weighted by atomic mass is 10.2. The summed E-state index contributed by atoms with van der Waals surface area (Å²) in [5, 5.41) is 0.537. The Balaban J connectivity index is 1.57. The molecule has 36 heavy (non-hydrogen) atoms. The van der Waals surface area contributed by atoms with Crippen molar-refractivity contribution in [3.05, 3.63) is 68.4 Å². The number of anilines is 1. The van der Waals surface area contributed by atoms with Crippen LogP contribution in [0.5, 0.6) is 11.6 Å².